The lowest BCUT2D eigenvalue weighted by Gasteiger charge is -2.11. The first-order valence-electron chi connectivity index (χ1n) is 8.03. The van der Waals surface area contributed by atoms with Crippen molar-refractivity contribution in [1.82, 2.24) is 4.98 Å². The van der Waals surface area contributed by atoms with E-state index in [1.54, 1.807) is 19.1 Å². The molecule has 5 heteroatoms. The van der Waals surface area contributed by atoms with Crippen LogP contribution in [0.25, 0.3) is 23.1 Å². The van der Waals surface area contributed by atoms with Gasteiger partial charge in [-0.1, -0.05) is 42.5 Å². The minimum atomic E-state index is -4.36. The topological polar surface area (TPSA) is 30.0 Å². The number of ketones is 1. The summed E-state index contributed by atoms with van der Waals surface area (Å²) in [6, 6.07) is 12.4. The van der Waals surface area contributed by atoms with E-state index in [4.69, 9.17) is 0 Å². The van der Waals surface area contributed by atoms with E-state index in [1.165, 1.54) is 19.1 Å². The molecule has 0 unspecified atom stereocenters. The van der Waals surface area contributed by atoms with Gasteiger partial charge in [-0.05, 0) is 43.2 Å². The first-order chi connectivity index (χ1) is 12.3. The number of para-hydroxylation sites is 1. The first-order valence-corrected chi connectivity index (χ1v) is 8.03. The van der Waals surface area contributed by atoms with E-state index in [0.29, 0.717) is 16.8 Å². The second-order valence-electron chi connectivity index (χ2n) is 6.01. The SMILES string of the molecule is CC(=O)c1c(C)nc2ccccc2c1/C=C/c1ccc(C(F)(F)F)cc1. The molecule has 3 rings (SSSR count). The Labute approximate surface area is 149 Å². The Kier molecular flexibility index (Phi) is 4.64. The molecular weight excluding hydrogens is 339 g/mol. The van der Waals surface area contributed by atoms with Gasteiger partial charge in [0.2, 0.25) is 0 Å². The highest BCUT2D eigenvalue weighted by molar-refractivity contribution is 6.05. The molecule has 26 heavy (non-hydrogen) atoms. The van der Waals surface area contributed by atoms with Crippen LogP contribution in [-0.2, 0) is 6.18 Å². The molecule has 132 valence electrons. The number of Topliss-reactive ketones (excluding diaryl/α,β-unsaturated/α-hetero) is 1. The molecule has 0 aliphatic rings. The molecule has 2 nitrogen and oxygen atoms in total. The third-order valence-corrected chi connectivity index (χ3v) is 4.15. The van der Waals surface area contributed by atoms with Gasteiger partial charge in [-0.2, -0.15) is 13.2 Å². The number of carbonyl (C=O) groups is 1. The molecule has 0 saturated carbocycles. The number of halogens is 3. The summed E-state index contributed by atoms with van der Waals surface area (Å²) in [6.07, 6.45) is -0.896. The number of aryl methyl sites for hydroxylation is 1. The zero-order valence-electron chi connectivity index (χ0n) is 14.3. The molecule has 1 aromatic heterocycles. The highest BCUT2D eigenvalue weighted by atomic mass is 19.4. The van der Waals surface area contributed by atoms with Crippen LogP contribution >= 0.6 is 0 Å². The Morgan fingerprint density at radius 2 is 1.65 bits per heavy atom. The van der Waals surface area contributed by atoms with Gasteiger partial charge in [0, 0.05) is 16.6 Å². The van der Waals surface area contributed by atoms with Crippen LogP contribution in [0.4, 0.5) is 13.2 Å². The van der Waals surface area contributed by atoms with E-state index < -0.39 is 11.7 Å². The first kappa shape index (κ1) is 17.9. The lowest BCUT2D eigenvalue weighted by Crippen LogP contribution is -2.04. The summed E-state index contributed by atoms with van der Waals surface area (Å²) >= 11 is 0. The summed E-state index contributed by atoms with van der Waals surface area (Å²) in [5, 5.41) is 0.825. The average Bonchev–Trinajstić information content (AvgIpc) is 2.58. The second-order valence-corrected chi connectivity index (χ2v) is 6.01. The molecule has 0 atom stereocenters. The van der Waals surface area contributed by atoms with Crippen LogP contribution in [0.1, 0.15) is 39.7 Å². The Hall–Kier alpha value is -2.95. The van der Waals surface area contributed by atoms with E-state index in [9.17, 15) is 18.0 Å². The third-order valence-electron chi connectivity index (χ3n) is 4.15. The normalized spacial score (nSPS) is 12.0. The van der Waals surface area contributed by atoms with Crippen LogP contribution < -0.4 is 0 Å². The zero-order valence-corrected chi connectivity index (χ0v) is 14.3. The fraction of sp³-hybridized carbons (Fsp3) is 0.143. The standard InChI is InChI=1S/C21H16F3NO/c1-13-20(14(2)26)18(17-5-3-4-6-19(17)25-13)12-9-15-7-10-16(11-8-15)21(22,23)24/h3-12H,1-2H3/b12-9+. The summed E-state index contributed by atoms with van der Waals surface area (Å²) in [6.45, 7) is 3.26. The van der Waals surface area contributed by atoms with Crippen LogP contribution in [-0.4, -0.2) is 10.8 Å². The minimum absolute atomic E-state index is 0.104. The summed E-state index contributed by atoms with van der Waals surface area (Å²) < 4.78 is 38.0. The summed E-state index contributed by atoms with van der Waals surface area (Å²) in [7, 11) is 0. The Morgan fingerprint density at radius 3 is 2.27 bits per heavy atom. The monoisotopic (exact) mass is 355 g/mol. The number of hydrogen-bond acceptors (Lipinski definition) is 2. The summed E-state index contributed by atoms with van der Waals surface area (Å²) in [4.78, 5) is 16.6. The third kappa shape index (κ3) is 3.52. The molecule has 0 amide bonds. The van der Waals surface area contributed by atoms with E-state index >= 15 is 0 Å². The van der Waals surface area contributed by atoms with Gasteiger partial charge in [-0.3, -0.25) is 9.78 Å². The van der Waals surface area contributed by atoms with Gasteiger partial charge in [-0.25, -0.2) is 0 Å². The number of hydrogen-bond donors (Lipinski definition) is 0. The van der Waals surface area contributed by atoms with Crippen LogP contribution in [0.5, 0.6) is 0 Å². The largest absolute Gasteiger partial charge is 0.416 e. The van der Waals surface area contributed by atoms with Gasteiger partial charge in [0.25, 0.3) is 0 Å². The Morgan fingerprint density at radius 1 is 1.00 bits per heavy atom. The lowest BCUT2D eigenvalue weighted by molar-refractivity contribution is -0.137. The Balaban J connectivity index is 2.09. The quantitative estimate of drug-likeness (QED) is 0.545. The zero-order chi connectivity index (χ0) is 18.9. The van der Waals surface area contributed by atoms with Crippen molar-refractivity contribution in [1.29, 1.82) is 0 Å². The van der Waals surface area contributed by atoms with E-state index in [2.05, 4.69) is 4.98 Å². The fourth-order valence-electron chi connectivity index (χ4n) is 2.95. The molecule has 1 heterocycles. The maximum absolute atomic E-state index is 12.7. The number of pyridine rings is 1. The van der Waals surface area contributed by atoms with E-state index in [1.807, 2.05) is 24.3 Å². The molecule has 0 radical (unpaired) electrons. The molecule has 0 aliphatic heterocycles. The molecular formula is C21H16F3NO. The second kappa shape index (κ2) is 6.75. The van der Waals surface area contributed by atoms with Gasteiger partial charge >= 0.3 is 6.18 Å². The molecule has 3 aromatic rings. The molecule has 0 saturated heterocycles. The van der Waals surface area contributed by atoms with Crippen molar-refractivity contribution >= 4 is 28.8 Å². The summed E-state index contributed by atoms with van der Waals surface area (Å²) in [5.74, 6) is -0.104. The number of nitrogens with zero attached hydrogens (tertiary/aromatic N) is 1. The number of fused-ring (bicyclic) bond motifs is 1. The van der Waals surface area contributed by atoms with Crippen LogP contribution in [0, 0.1) is 6.92 Å². The van der Waals surface area contributed by atoms with Crippen molar-refractivity contribution in [3.63, 3.8) is 0 Å². The number of rotatable bonds is 3. The van der Waals surface area contributed by atoms with Crippen LogP contribution in [0.3, 0.4) is 0 Å². The maximum Gasteiger partial charge on any atom is 0.416 e. The lowest BCUT2D eigenvalue weighted by atomic mass is 9.97. The van der Waals surface area contributed by atoms with Crippen molar-refractivity contribution in [3.05, 3.63) is 76.5 Å². The van der Waals surface area contributed by atoms with Crippen molar-refractivity contribution in [2.45, 2.75) is 20.0 Å². The van der Waals surface area contributed by atoms with Gasteiger partial charge in [0.05, 0.1) is 11.1 Å². The van der Waals surface area contributed by atoms with Crippen molar-refractivity contribution in [2.24, 2.45) is 0 Å². The van der Waals surface area contributed by atoms with Crippen LogP contribution in [0.2, 0.25) is 0 Å². The van der Waals surface area contributed by atoms with Crippen LogP contribution in [0.15, 0.2) is 48.5 Å². The van der Waals surface area contributed by atoms with Crippen molar-refractivity contribution in [2.75, 3.05) is 0 Å². The maximum atomic E-state index is 12.7. The predicted molar refractivity (Wildman–Crippen MR) is 96.9 cm³/mol. The van der Waals surface area contributed by atoms with Gasteiger partial charge in [0.15, 0.2) is 5.78 Å². The predicted octanol–water partition coefficient (Wildman–Crippen LogP) is 5.94. The van der Waals surface area contributed by atoms with E-state index in [-0.39, 0.29) is 5.78 Å². The average molecular weight is 355 g/mol. The number of benzene rings is 2. The number of alkyl halides is 3. The number of aromatic nitrogens is 1. The number of carbonyl (C=O) groups excluding carboxylic acids is 1. The molecule has 0 fully saturated rings. The molecule has 0 bridgehead atoms. The molecule has 0 N–H and O–H groups in total. The molecule has 0 aliphatic carbocycles. The highest BCUT2D eigenvalue weighted by Crippen LogP contribution is 2.30. The van der Waals surface area contributed by atoms with E-state index in [0.717, 1.165) is 28.6 Å². The molecule has 2 aromatic carbocycles. The summed E-state index contributed by atoms with van der Waals surface area (Å²) in [5.41, 5.74) is 2.56. The van der Waals surface area contributed by atoms with Crippen molar-refractivity contribution < 1.29 is 18.0 Å². The fourth-order valence-corrected chi connectivity index (χ4v) is 2.95. The van der Waals surface area contributed by atoms with Gasteiger partial charge in [0.1, 0.15) is 0 Å². The van der Waals surface area contributed by atoms with Crippen molar-refractivity contribution in [3.8, 4) is 0 Å². The van der Waals surface area contributed by atoms with Gasteiger partial charge in [-0.15, -0.1) is 0 Å². The highest BCUT2D eigenvalue weighted by Gasteiger charge is 2.29. The molecule has 0 spiro atoms. The van der Waals surface area contributed by atoms with Gasteiger partial charge < -0.3 is 0 Å². The smallest absolute Gasteiger partial charge is 0.294 e. The Bertz CT molecular complexity index is 1000. The minimum Gasteiger partial charge on any atom is -0.294 e.